The van der Waals surface area contributed by atoms with Crippen LogP contribution in [0.1, 0.15) is 23.3 Å². The van der Waals surface area contributed by atoms with E-state index >= 15 is 0 Å². The SMILES string of the molecule is C=C(C#N)CNc1c(OC)ccc2ccc(-c3ccc(NC)c(C(=O)NC4CCN(C)CC4)n3)cc12. The first-order chi connectivity index (χ1) is 17.4. The Bertz CT molecular complexity index is 1320. The fourth-order valence-corrected chi connectivity index (χ4v) is 4.45. The number of likely N-dealkylation sites (tertiary alicyclic amines) is 1. The number of hydrogen-bond donors (Lipinski definition) is 3. The molecule has 8 nitrogen and oxygen atoms in total. The number of anilines is 2. The maximum absolute atomic E-state index is 13.2. The molecule has 1 saturated heterocycles. The molecule has 2 heterocycles. The Kier molecular flexibility index (Phi) is 7.71. The number of hydrogen-bond acceptors (Lipinski definition) is 7. The fraction of sp³-hybridized carbons (Fsp3) is 0.321. The van der Waals surface area contributed by atoms with Crippen molar-refractivity contribution in [3.05, 3.63) is 60.3 Å². The van der Waals surface area contributed by atoms with Gasteiger partial charge in [0.25, 0.3) is 5.91 Å². The molecule has 3 N–H and O–H groups in total. The summed E-state index contributed by atoms with van der Waals surface area (Å²) in [5.41, 5.74) is 3.83. The summed E-state index contributed by atoms with van der Waals surface area (Å²) < 4.78 is 5.57. The van der Waals surface area contributed by atoms with Crippen molar-refractivity contribution in [3.63, 3.8) is 0 Å². The summed E-state index contributed by atoms with van der Waals surface area (Å²) in [5.74, 6) is 0.498. The van der Waals surface area contributed by atoms with Gasteiger partial charge in [0.1, 0.15) is 5.75 Å². The van der Waals surface area contributed by atoms with Crippen molar-refractivity contribution in [3.8, 4) is 23.1 Å². The number of ether oxygens (including phenoxy) is 1. The monoisotopic (exact) mass is 484 g/mol. The molecular formula is C28H32N6O2. The molecule has 186 valence electrons. The number of benzene rings is 2. The summed E-state index contributed by atoms with van der Waals surface area (Å²) in [6.07, 6.45) is 1.86. The van der Waals surface area contributed by atoms with Crippen molar-refractivity contribution in [2.24, 2.45) is 0 Å². The largest absolute Gasteiger partial charge is 0.495 e. The molecule has 0 spiro atoms. The van der Waals surface area contributed by atoms with E-state index in [1.807, 2.05) is 42.5 Å². The molecule has 0 bridgehead atoms. The molecule has 3 aromatic rings. The molecule has 0 unspecified atom stereocenters. The van der Waals surface area contributed by atoms with Gasteiger partial charge in [0.05, 0.1) is 30.2 Å². The average Bonchev–Trinajstić information content (AvgIpc) is 2.91. The first kappa shape index (κ1) is 25.0. The van der Waals surface area contributed by atoms with Crippen LogP contribution in [0.5, 0.6) is 5.75 Å². The summed E-state index contributed by atoms with van der Waals surface area (Å²) in [4.78, 5) is 20.2. The van der Waals surface area contributed by atoms with Crippen molar-refractivity contribution < 1.29 is 9.53 Å². The Morgan fingerprint density at radius 1 is 1.22 bits per heavy atom. The van der Waals surface area contributed by atoms with Crippen molar-refractivity contribution in [1.82, 2.24) is 15.2 Å². The standard InChI is InChI=1S/C28H32N6O2/c1-18(16-29)17-31-26-22-15-20(6-5-19(22)7-10-25(26)36-4)23-8-9-24(30-2)27(33-23)28(35)32-21-11-13-34(3)14-12-21/h5-10,15,21,30-31H,1,11-14,17H2,2-4H3,(H,32,35). The Hall–Kier alpha value is -4.09. The van der Waals surface area contributed by atoms with E-state index in [-0.39, 0.29) is 11.9 Å². The van der Waals surface area contributed by atoms with Gasteiger partial charge < -0.3 is 25.6 Å². The lowest BCUT2D eigenvalue weighted by Crippen LogP contribution is -2.43. The van der Waals surface area contributed by atoms with Crippen LogP contribution in [0.4, 0.5) is 11.4 Å². The van der Waals surface area contributed by atoms with Gasteiger partial charge in [0, 0.05) is 36.2 Å². The van der Waals surface area contributed by atoms with E-state index in [1.165, 1.54) is 0 Å². The van der Waals surface area contributed by atoms with E-state index in [4.69, 9.17) is 15.0 Å². The number of methoxy groups -OCH3 is 1. The molecule has 1 aliphatic heterocycles. The summed E-state index contributed by atoms with van der Waals surface area (Å²) >= 11 is 0. The van der Waals surface area contributed by atoms with E-state index in [9.17, 15) is 4.79 Å². The highest BCUT2D eigenvalue weighted by molar-refractivity contribution is 6.01. The number of pyridine rings is 1. The van der Waals surface area contributed by atoms with E-state index in [0.29, 0.717) is 34.9 Å². The van der Waals surface area contributed by atoms with E-state index < -0.39 is 0 Å². The summed E-state index contributed by atoms with van der Waals surface area (Å²) in [7, 11) is 5.50. The van der Waals surface area contributed by atoms with Crippen LogP contribution in [0.25, 0.3) is 22.0 Å². The lowest BCUT2D eigenvalue weighted by Gasteiger charge is -2.29. The first-order valence-electron chi connectivity index (χ1n) is 12.0. The van der Waals surface area contributed by atoms with Crippen molar-refractivity contribution in [2.45, 2.75) is 18.9 Å². The van der Waals surface area contributed by atoms with Crippen LogP contribution in [-0.2, 0) is 0 Å². The van der Waals surface area contributed by atoms with Gasteiger partial charge in [0.15, 0.2) is 5.69 Å². The van der Waals surface area contributed by atoms with Crippen LogP contribution < -0.4 is 20.7 Å². The smallest absolute Gasteiger partial charge is 0.272 e. The first-order valence-corrected chi connectivity index (χ1v) is 12.0. The van der Waals surface area contributed by atoms with Crippen LogP contribution in [0.15, 0.2) is 54.6 Å². The summed E-state index contributed by atoms with van der Waals surface area (Å²) in [6, 6.07) is 15.9. The van der Waals surface area contributed by atoms with Gasteiger partial charge in [-0.05, 0) is 62.6 Å². The minimum atomic E-state index is -0.171. The Morgan fingerprint density at radius 2 is 1.97 bits per heavy atom. The van der Waals surface area contributed by atoms with Gasteiger partial charge >= 0.3 is 0 Å². The maximum Gasteiger partial charge on any atom is 0.272 e. The molecule has 0 aliphatic carbocycles. The van der Waals surface area contributed by atoms with Gasteiger partial charge in [-0.2, -0.15) is 5.26 Å². The average molecular weight is 485 g/mol. The van der Waals surface area contributed by atoms with E-state index in [0.717, 1.165) is 48.0 Å². The van der Waals surface area contributed by atoms with Gasteiger partial charge in [-0.15, -0.1) is 0 Å². The molecule has 0 atom stereocenters. The minimum absolute atomic E-state index is 0.147. The summed E-state index contributed by atoms with van der Waals surface area (Å²) in [5, 5.41) is 20.6. The molecule has 0 radical (unpaired) electrons. The molecule has 8 heteroatoms. The predicted octanol–water partition coefficient (Wildman–Crippen LogP) is 4.27. The highest BCUT2D eigenvalue weighted by atomic mass is 16.5. The van der Waals surface area contributed by atoms with Crippen molar-refractivity contribution in [2.75, 3.05) is 51.5 Å². The van der Waals surface area contributed by atoms with Gasteiger partial charge in [0.2, 0.25) is 0 Å². The second kappa shape index (κ2) is 11.1. The number of carbonyl (C=O) groups is 1. The topological polar surface area (TPSA) is 102 Å². The van der Waals surface area contributed by atoms with Crippen LogP contribution in [-0.4, -0.2) is 62.7 Å². The molecule has 4 rings (SSSR count). The van der Waals surface area contributed by atoms with Gasteiger partial charge in [-0.3, -0.25) is 4.79 Å². The molecule has 36 heavy (non-hydrogen) atoms. The zero-order valence-electron chi connectivity index (χ0n) is 21.0. The third kappa shape index (κ3) is 5.42. The lowest BCUT2D eigenvalue weighted by atomic mass is 10.0. The highest BCUT2D eigenvalue weighted by Gasteiger charge is 2.22. The molecule has 0 saturated carbocycles. The van der Waals surface area contributed by atoms with Crippen molar-refractivity contribution in [1.29, 1.82) is 5.26 Å². The number of aromatic nitrogens is 1. The number of nitrogens with zero attached hydrogens (tertiary/aromatic N) is 3. The molecule has 1 fully saturated rings. The zero-order chi connectivity index (χ0) is 25.7. The molecule has 1 aliphatic rings. The third-order valence-electron chi connectivity index (χ3n) is 6.57. The third-order valence-corrected chi connectivity index (χ3v) is 6.57. The Morgan fingerprint density at radius 3 is 2.67 bits per heavy atom. The second-order valence-electron chi connectivity index (χ2n) is 9.04. The van der Waals surface area contributed by atoms with Crippen LogP contribution in [0, 0.1) is 11.3 Å². The number of nitriles is 1. The molecular weight excluding hydrogens is 452 g/mol. The number of piperidine rings is 1. The number of rotatable bonds is 8. The molecule has 1 aromatic heterocycles. The minimum Gasteiger partial charge on any atom is -0.495 e. The summed E-state index contributed by atoms with van der Waals surface area (Å²) in [6.45, 7) is 6.00. The predicted molar refractivity (Wildman–Crippen MR) is 145 cm³/mol. The maximum atomic E-state index is 13.2. The normalized spacial score (nSPS) is 14.2. The Labute approximate surface area is 212 Å². The Balaban J connectivity index is 1.69. The molecule has 1 amide bonds. The van der Waals surface area contributed by atoms with Gasteiger partial charge in [-0.25, -0.2) is 4.98 Å². The lowest BCUT2D eigenvalue weighted by molar-refractivity contribution is 0.0913. The number of amides is 1. The number of carbonyl (C=O) groups excluding carboxylic acids is 1. The van der Waals surface area contributed by atoms with Gasteiger partial charge in [-0.1, -0.05) is 24.8 Å². The van der Waals surface area contributed by atoms with Crippen LogP contribution >= 0.6 is 0 Å². The highest BCUT2D eigenvalue weighted by Crippen LogP contribution is 2.36. The zero-order valence-corrected chi connectivity index (χ0v) is 21.0. The van der Waals surface area contributed by atoms with Crippen LogP contribution in [0.3, 0.4) is 0 Å². The number of nitrogens with one attached hydrogen (secondary N) is 3. The van der Waals surface area contributed by atoms with E-state index in [1.54, 1.807) is 14.2 Å². The quantitative estimate of drug-likeness (QED) is 0.411. The molecule has 2 aromatic carbocycles. The van der Waals surface area contributed by atoms with Crippen molar-refractivity contribution >= 4 is 28.1 Å². The number of fused-ring (bicyclic) bond motifs is 1. The van der Waals surface area contributed by atoms with E-state index in [2.05, 4.69) is 40.5 Å². The second-order valence-corrected chi connectivity index (χ2v) is 9.04. The van der Waals surface area contributed by atoms with Crippen LogP contribution in [0.2, 0.25) is 0 Å². The fourth-order valence-electron chi connectivity index (χ4n) is 4.45.